The second-order valence-corrected chi connectivity index (χ2v) is 3.41. The topological polar surface area (TPSA) is 55.1 Å². The average Bonchev–Trinajstić information content (AvgIpc) is 1.84. The van der Waals surface area contributed by atoms with Crippen molar-refractivity contribution in [2.24, 2.45) is 5.73 Å². The van der Waals surface area contributed by atoms with Gasteiger partial charge in [0.05, 0.1) is 4.99 Å². The van der Waals surface area contributed by atoms with Crippen molar-refractivity contribution in [2.75, 3.05) is 0 Å². The predicted molar refractivity (Wildman–Crippen MR) is 53.9 cm³/mol. The molecule has 0 spiro atoms. The Kier molecular flexibility index (Phi) is 5.62. The number of thiocarbonyl (C=S) groups is 1. The van der Waals surface area contributed by atoms with Crippen LogP contribution in [0.2, 0.25) is 0 Å². The fourth-order valence-electron chi connectivity index (χ4n) is 0.927. The third kappa shape index (κ3) is 6.09. The van der Waals surface area contributed by atoms with Gasteiger partial charge in [0.1, 0.15) is 0 Å². The minimum atomic E-state index is 0.0570. The highest BCUT2D eigenvalue weighted by atomic mass is 32.1. The van der Waals surface area contributed by atoms with Gasteiger partial charge in [-0.2, -0.15) is 0 Å². The van der Waals surface area contributed by atoms with Crippen molar-refractivity contribution in [3.8, 4) is 0 Å². The van der Waals surface area contributed by atoms with Gasteiger partial charge >= 0.3 is 0 Å². The van der Waals surface area contributed by atoms with Crippen molar-refractivity contribution >= 4 is 23.1 Å². The molecule has 0 bridgehead atoms. The first kappa shape index (κ1) is 11.4. The van der Waals surface area contributed by atoms with E-state index in [0.717, 1.165) is 6.42 Å². The van der Waals surface area contributed by atoms with Crippen LogP contribution in [0.15, 0.2) is 0 Å². The summed E-state index contributed by atoms with van der Waals surface area (Å²) in [6.07, 6.45) is 2.01. The molecule has 1 atom stereocenters. The quantitative estimate of drug-likeness (QED) is 0.632. The fourth-order valence-corrected chi connectivity index (χ4v) is 1.18. The second kappa shape index (κ2) is 5.94. The van der Waals surface area contributed by atoms with Gasteiger partial charge in [0, 0.05) is 18.9 Å². The smallest absolute Gasteiger partial charge is 0.220 e. The van der Waals surface area contributed by atoms with Crippen LogP contribution in [-0.2, 0) is 4.79 Å². The molecule has 4 heteroatoms. The molecule has 0 aromatic heterocycles. The molecule has 70 valence electrons. The normalized spacial score (nSPS) is 12.2. The molecule has 0 rings (SSSR count). The molecule has 0 aromatic carbocycles. The summed E-state index contributed by atoms with van der Waals surface area (Å²) >= 11 is 4.72. The number of nitrogens with two attached hydrogens (primary N) is 1. The molecule has 0 saturated heterocycles. The Morgan fingerprint density at radius 3 is 2.67 bits per heavy atom. The molecule has 3 nitrogen and oxygen atoms in total. The molecule has 0 saturated carbocycles. The first-order valence-corrected chi connectivity index (χ1v) is 4.54. The number of hydrogen-bond acceptors (Lipinski definition) is 2. The van der Waals surface area contributed by atoms with Crippen molar-refractivity contribution in [3.05, 3.63) is 0 Å². The van der Waals surface area contributed by atoms with E-state index in [0.29, 0.717) is 17.8 Å². The Morgan fingerprint density at radius 1 is 1.67 bits per heavy atom. The van der Waals surface area contributed by atoms with E-state index in [4.69, 9.17) is 18.0 Å². The third-order valence-corrected chi connectivity index (χ3v) is 1.56. The Bertz CT molecular complexity index is 170. The molecule has 1 amide bonds. The first-order chi connectivity index (χ1) is 5.56. The number of rotatable bonds is 5. The van der Waals surface area contributed by atoms with Gasteiger partial charge < -0.3 is 11.1 Å². The summed E-state index contributed by atoms with van der Waals surface area (Å²) in [5.74, 6) is 0.0706. The van der Waals surface area contributed by atoms with Crippen molar-refractivity contribution in [1.82, 2.24) is 5.32 Å². The maximum absolute atomic E-state index is 11.0. The molecule has 0 aliphatic carbocycles. The van der Waals surface area contributed by atoms with E-state index in [1.807, 2.05) is 13.8 Å². The van der Waals surface area contributed by atoms with E-state index in [2.05, 4.69) is 5.32 Å². The van der Waals surface area contributed by atoms with Crippen molar-refractivity contribution in [2.45, 2.75) is 39.2 Å². The van der Waals surface area contributed by atoms with Crippen LogP contribution in [-0.4, -0.2) is 16.9 Å². The summed E-state index contributed by atoms with van der Waals surface area (Å²) in [4.78, 5) is 11.5. The molecule has 0 aliphatic heterocycles. The number of hydrogen-bond donors (Lipinski definition) is 2. The van der Waals surface area contributed by atoms with Crippen LogP contribution in [0.1, 0.15) is 33.1 Å². The van der Waals surface area contributed by atoms with Gasteiger partial charge in [-0.25, -0.2) is 0 Å². The summed E-state index contributed by atoms with van der Waals surface area (Å²) in [5.41, 5.74) is 5.32. The second-order valence-electron chi connectivity index (χ2n) is 2.89. The molecule has 0 heterocycles. The lowest BCUT2D eigenvalue weighted by Gasteiger charge is -2.11. The summed E-state index contributed by atoms with van der Waals surface area (Å²) < 4.78 is 0. The van der Waals surface area contributed by atoms with Crippen LogP contribution < -0.4 is 11.1 Å². The fraction of sp³-hybridized carbons (Fsp3) is 0.750. The number of amides is 1. The summed E-state index contributed by atoms with van der Waals surface area (Å²) in [6, 6.07) is 0.0570. The van der Waals surface area contributed by atoms with Gasteiger partial charge in [0.2, 0.25) is 5.91 Å². The van der Waals surface area contributed by atoms with Gasteiger partial charge in [0.25, 0.3) is 0 Å². The molecule has 3 N–H and O–H groups in total. The minimum Gasteiger partial charge on any atom is -0.393 e. The summed E-state index contributed by atoms with van der Waals surface area (Å²) in [6.45, 7) is 3.87. The van der Waals surface area contributed by atoms with Gasteiger partial charge in [-0.05, 0) is 13.3 Å². The SMILES string of the molecule is CCCC(=O)NC(C)CC(N)=S. The maximum Gasteiger partial charge on any atom is 0.220 e. The van der Waals surface area contributed by atoms with Crippen LogP contribution in [0.5, 0.6) is 0 Å². The van der Waals surface area contributed by atoms with E-state index in [1.165, 1.54) is 0 Å². The zero-order chi connectivity index (χ0) is 9.56. The highest BCUT2D eigenvalue weighted by Crippen LogP contribution is 1.93. The monoisotopic (exact) mass is 188 g/mol. The molecule has 12 heavy (non-hydrogen) atoms. The standard InChI is InChI=1S/C8H16N2OS/c1-3-4-8(11)10-6(2)5-7(9)12/h6H,3-5H2,1-2H3,(H2,9,12)(H,10,11). The van der Waals surface area contributed by atoms with Crippen LogP contribution in [0.3, 0.4) is 0 Å². The molecular formula is C8H16N2OS. The zero-order valence-electron chi connectivity index (χ0n) is 7.59. The minimum absolute atomic E-state index is 0.0570. The molecule has 0 aromatic rings. The van der Waals surface area contributed by atoms with Crippen molar-refractivity contribution in [3.63, 3.8) is 0 Å². The lowest BCUT2D eigenvalue weighted by Crippen LogP contribution is -2.34. The van der Waals surface area contributed by atoms with Crippen molar-refractivity contribution < 1.29 is 4.79 Å². The van der Waals surface area contributed by atoms with Gasteiger partial charge in [-0.3, -0.25) is 4.79 Å². The largest absolute Gasteiger partial charge is 0.393 e. The number of carbonyl (C=O) groups excluding carboxylic acids is 1. The average molecular weight is 188 g/mol. The number of carbonyl (C=O) groups is 1. The lowest BCUT2D eigenvalue weighted by molar-refractivity contribution is -0.121. The molecule has 0 fully saturated rings. The third-order valence-electron chi connectivity index (χ3n) is 1.39. The Balaban J connectivity index is 3.61. The van der Waals surface area contributed by atoms with Crippen LogP contribution >= 0.6 is 12.2 Å². The summed E-state index contributed by atoms with van der Waals surface area (Å²) in [5, 5.41) is 2.81. The highest BCUT2D eigenvalue weighted by molar-refractivity contribution is 7.80. The Morgan fingerprint density at radius 2 is 2.25 bits per heavy atom. The Labute approximate surface area is 78.7 Å². The van der Waals surface area contributed by atoms with E-state index in [9.17, 15) is 4.79 Å². The van der Waals surface area contributed by atoms with Gasteiger partial charge in [0.15, 0.2) is 0 Å². The first-order valence-electron chi connectivity index (χ1n) is 4.14. The zero-order valence-corrected chi connectivity index (χ0v) is 8.41. The predicted octanol–water partition coefficient (Wildman–Crippen LogP) is 0.967. The maximum atomic E-state index is 11.0. The van der Waals surface area contributed by atoms with E-state index in [1.54, 1.807) is 0 Å². The van der Waals surface area contributed by atoms with E-state index >= 15 is 0 Å². The van der Waals surface area contributed by atoms with E-state index in [-0.39, 0.29) is 11.9 Å². The molecular weight excluding hydrogens is 172 g/mol. The highest BCUT2D eigenvalue weighted by Gasteiger charge is 2.06. The molecule has 0 radical (unpaired) electrons. The Hall–Kier alpha value is -0.640. The summed E-state index contributed by atoms with van der Waals surface area (Å²) in [7, 11) is 0. The lowest BCUT2D eigenvalue weighted by atomic mass is 10.2. The van der Waals surface area contributed by atoms with Gasteiger partial charge in [-0.15, -0.1) is 0 Å². The van der Waals surface area contributed by atoms with Crippen LogP contribution in [0.4, 0.5) is 0 Å². The molecule has 1 unspecified atom stereocenters. The van der Waals surface area contributed by atoms with Crippen LogP contribution in [0.25, 0.3) is 0 Å². The van der Waals surface area contributed by atoms with Gasteiger partial charge in [-0.1, -0.05) is 19.1 Å². The van der Waals surface area contributed by atoms with Crippen molar-refractivity contribution in [1.29, 1.82) is 0 Å². The number of nitrogens with one attached hydrogen (secondary N) is 1. The molecule has 0 aliphatic rings. The van der Waals surface area contributed by atoms with Crippen LogP contribution in [0, 0.1) is 0 Å². The van der Waals surface area contributed by atoms with E-state index < -0.39 is 0 Å².